The molecule has 1 aliphatic carbocycles. The first-order valence-electron chi connectivity index (χ1n) is 12.1. The molecule has 2 atom stereocenters. The van der Waals surface area contributed by atoms with E-state index in [1.54, 1.807) is 18.1 Å². The van der Waals surface area contributed by atoms with Crippen LogP contribution in [-0.4, -0.2) is 46.2 Å². The lowest BCUT2D eigenvalue weighted by Crippen LogP contribution is -2.48. The first-order valence-corrected chi connectivity index (χ1v) is 12.1. The summed E-state index contributed by atoms with van der Waals surface area (Å²) in [6.45, 7) is 14.7. The molecule has 0 aliphatic heterocycles. The minimum Gasteiger partial charge on any atom is -0.474 e. The zero-order valence-corrected chi connectivity index (χ0v) is 22.5. The fraction of sp³-hybridized carbons (Fsp3) is 0.556. The molecule has 1 aromatic rings. The number of rotatable bonds is 9. The largest absolute Gasteiger partial charge is 0.474 e. The van der Waals surface area contributed by atoms with Crippen LogP contribution in [0.15, 0.2) is 53.0 Å². The van der Waals surface area contributed by atoms with Gasteiger partial charge in [0.25, 0.3) is 5.92 Å². The first-order chi connectivity index (χ1) is 16.4. The molecule has 0 saturated heterocycles. The number of halogens is 2. The number of hydrogen-bond donors (Lipinski definition) is 0. The number of amides is 1. The third kappa shape index (κ3) is 8.08. The Morgan fingerprint density at radius 1 is 1.31 bits per heavy atom. The molecule has 1 aliphatic rings. The van der Waals surface area contributed by atoms with Gasteiger partial charge < -0.3 is 9.64 Å². The van der Waals surface area contributed by atoms with Gasteiger partial charge >= 0.3 is 0 Å². The Morgan fingerprint density at radius 2 is 1.97 bits per heavy atom. The first kappa shape index (κ1) is 30.1. The molecule has 0 N–H and O–H groups in total. The van der Waals surface area contributed by atoms with E-state index in [0.29, 0.717) is 6.42 Å². The molecular formula is C27H40F2N4O2. The van der Waals surface area contributed by atoms with Gasteiger partial charge in [0.15, 0.2) is 0 Å². The van der Waals surface area contributed by atoms with Crippen molar-refractivity contribution in [3.8, 4) is 5.88 Å². The van der Waals surface area contributed by atoms with Gasteiger partial charge in [-0.2, -0.15) is 8.78 Å². The Bertz CT molecular complexity index is 962. The fourth-order valence-corrected chi connectivity index (χ4v) is 3.70. The number of aliphatic imine (C=N–C) groups is 1. The SMILES string of the molecule is CC.CC/C=C\N=C(C)C1=CC=C(C)CC1(C)C(=O)N(C)[C@@H](C)COc1cnc(C(C)(F)F)cn1. The van der Waals surface area contributed by atoms with Crippen molar-refractivity contribution >= 4 is 11.6 Å². The van der Waals surface area contributed by atoms with Crippen molar-refractivity contribution in [3.05, 3.63) is 53.7 Å². The van der Waals surface area contributed by atoms with E-state index in [4.69, 9.17) is 4.74 Å². The van der Waals surface area contributed by atoms with Crippen LogP contribution in [0, 0.1) is 5.41 Å². The second-order valence-electron chi connectivity index (χ2n) is 8.81. The fourth-order valence-electron chi connectivity index (χ4n) is 3.70. The summed E-state index contributed by atoms with van der Waals surface area (Å²) in [6, 6.07) is -0.284. The van der Waals surface area contributed by atoms with Crippen LogP contribution in [0.25, 0.3) is 0 Å². The second-order valence-corrected chi connectivity index (χ2v) is 8.81. The normalized spacial score (nSPS) is 19.3. The Labute approximate surface area is 208 Å². The average Bonchev–Trinajstić information content (AvgIpc) is 2.82. The van der Waals surface area contributed by atoms with E-state index >= 15 is 0 Å². The van der Waals surface area contributed by atoms with E-state index in [9.17, 15) is 13.6 Å². The van der Waals surface area contributed by atoms with Crippen LogP contribution >= 0.6 is 0 Å². The van der Waals surface area contributed by atoms with Crippen molar-refractivity contribution < 1.29 is 18.3 Å². The van der Waals surface area contributed by atoms with E-state index in [2.05, 4.69) is 15.0 Å². The topological polar surface area (TPSA) is 67.7 Å². The Morgan fingerprint density at radius 3 is 2.51 bits per heavy atom. The molecule has 0 aromatic carbocycles. The van der Waals surface area contributed by atoms with Gasteiger partial charge in [-0.25, -0.2) is 9.97 Å². The van der Waals surface area contributed by atoms with Crippen molar-refractivity contribution in [2.75, 3.05) is 13.7 Å². The van der Waals surface area contributed by atoms with Crippen molar-refractivity contribution in [1.82, 2.24) is 14.9 Å². The van der Waals surface area contributed by atoms with E-state index in [1.165, 1.54) is 6.20 Å². The van der Waals surface area contributed by atoms with Crippen molar-refractivity contribution in [3.63, 3.8) is 0 Å². The highest BCUT2D eigenvalue weighted by Crippen LogP contribution is 2.40. The molecule has 0 saturated carbocycles. The monoisotopic (exact) mass is 490 g/mol. The molecule has 2 rings (SSSR count). The Hall–Kier alpha value is -2.90. The number of hydrogen-bond acceptors (Lipinski definition) is 5. The van der Waals surface area contributed by atoms with Gasteiger partial charge in [-0.3, -0.25) is 9.79 Å². The summed E-state index contributed by atoms with van der Waals surface area (Å²) in [4.78, 5) is 27.4. The van der Waals surface area contributed by atoms with Crippen LogP contribution < -0.4 is 4.74 Å². The second kappa shape index (κ2) is 13.3. The number of alkyl halides is 2. The van der Waals surface area contributed by atoms with E-state index in [-0.39, 0.29) is 24.4 Å². The number of carbonyl (C=O) groups excluding carboxylic acids is 1. The lowest BCUT2D eigenvalue weighted by atomic mass is 9.71. The average molecular weight is 491 g/mol. The molecule has 1 unspecified atom stereocenters. The highest BCUT2D eigenvalue weighted by Gasteiger charge is 2.42. The molecule has 0 fully saturated rings. The molecule has 0 spiro atoms. The van der Waals surface area contributed by atoms with Crippen molar-refractivity contribution in [2.24, 2.45) is 10.4 Å². The minimum absolute atomic E-state index is 0.0432. The third-order valence-electron chi connectivity index (χ3n) is 5.76. The van der Waals surface area contributed by atoms with Gasteiger partial charge in [-0.15, -0.1) is 0 Å². The molecule has 1 amide bonds. The molecule has 0 bridgehead atoms. The lowest BCUT2D eigenvalue weighted by Gasteiger charge is -2.39. The van der Waals surface area contributed by atoms with Gasteiger partial charge in [-0.05, 0) is 46.1 Å². The quantitative estimate of drug-likeness (QED) is 0.370. The summed E-state index contributed by atoms with van der Waals surface area (Å²) in [5.74, 6) is -2.98. The lowest BCUT2D eigenvalue weighted by molar-refractivity contribution is -0.140. The maximum Gasteiger partial charge on any atom is 0.288 e. The van der Waals surface area contributed by atoms with Gasteiger partial charge in [0.05, 0.1) is 23.9 Å². The van der Waals surface area contributed by atoms with E-state index < -0.39 is 17.0 Å². The summed E-state index contributed by atoms with van der Waals surface area (Å²) < 4.78 is 32.2. The number of aromatic nitrogens is 2. The van der Waals surface area contributed by atoms with Crippen molar-refractivity contribution in [1.29, 1.82) is 0 Å². The molecule has 0 radical (unpaired) electrons. The standard InChI is InChI=1S/C25H34F2N4O2.C2H6/c1-8-9-12-28-19(4)20-11-10-17(2)13-24(20,5)23(32)31(7)18(3)16-33-22-15-29-21(14-30-22)25(6,26)27;1-2/h9-12,14-15,18H,8,13,16H2,1-7H3;1-2H3/b12-9-,28-19?;/t18-,24?;/m0./s1. The van der Waals surface area contributed by atoms with E-state index in [0.717, 1.165) is 36.4 Å². The predicted octanol–water partition coefficient (Wildman–Crippen LogP) is 6.51. The van der Waals surface area contributed by atoms with Gasteiger partial charge in [0.1, 0.15) is 12.3 Å². The summed E-state index contributed by atoms with van der Waals surface area (Å²) >= 11 is 0. The molecule has 1 heterocycles. The number of allylic oxidation sites excluding steroid dienone is 4. The van der Waals surface area contributed by atoms with Gasteiger partial charge in [0.2, 0.25) is 11.8 Å². The number of nitrogens with zero attached hydrogens (tertiary/aromatic N) is 4. The summed E-state index contributed by atoms with van der Waals surface area (Å²) in [7, 11) is 1.74. The molecular weight excluding hydrogens is 450 g/mol. The molecule has 6 nitrogen and oxygen atoms in total. The number of carbonyl (C=O) groups is 1. The number of likely N-dealkylation sites (N-methyl/N-ethyl adjacent to an activating group) is 1. The van der Waals surface area contributed by atoms with Crippen LogP contribution in [0.3, 0.4) is 0 Å². The van der Waals surface area contributed by atoms with E-state index in [1.807, 2.05) is 66.7 Å². The third-order valence-corrected chi connectivity index (χ3v) is 5.76. The highest BCUT2D eigenvalue weighted by atomic mass is 19.3. The maximum atomic E-state index is 13.6. The smallest absolute Gasteiger partial charge is 0.288 e. The van der Waals surface area contributed by atoms with Crippen LogP contribution in [0.4, 0.5) is 8.78 Å². The summed E-state index contributed by atoms with van der Waals surface area (Å²) in [5, 5.41) is 0. The highest BCUT2D eigenvalue weighted by molar-refractivity contribution is 6.06. The Kier molecular flexibility index (Phi) is 11.4. The molecule has 1 aromatic heterocycles. The van der Waals surface area contributed by atoms with Gasteiger partial charge in [-0.1, -0.05) is 44.6 Å². The summed E-state index contributed by atoms with van der Waals surface area (Å²) in [5.41, 5.74) is 1.63. The summed E-state index contributed by atoms with van der Waals surface area (Å²) in [6.07, 6.45) is 11.4. The molecule has 35 heavy (non-hydrogen) atoms. The van der Waals surface area contributed by atoms with Crippen LogP contribution in [0.2, 0.25) is 0 Å². The Balaban J connectivity index is 0.00000298. The van der Waals surface area contributed by atoms with Crippen molar-refractivity contribution in [2.45, 2.75) is 80.2 Å². The van der Waals surface area contributed by atoms with Crippen LogP contribution in [0.1, 0.15) is 73.9 Å². The zero-order chi connectivity index (χ0) is 26.8. The molecule has 194 valence electrons. The zero-order valence-electron chi connectivity index (χ0n) is 22.5. The van der Waals surface area contributed by atoms with Crippen LogP contribution in [0.5, 0.6) is 5.88 Å². The predicted molar refractivity (Wildman–Crippen MR) is 138 cm³/mol. The maximum absolute atomic E-state index is 13.6. The van der Waals surface area contributed by atoms with Gasteiger partial charge in [0, 0.05) is 25.9 Å². The minimum atomic E-state index is -3.06. The number of ether oxygens (including phenoxy) is 1. The molecule has 8 heteroatoms. The van der Waals surface area contributed by atoms with Crippen LogP contribution in [-0.2, 0) is 10.7 Å².